The summed E-state index contributed by atoms with van der Waals surface area (Å²) >= 11 is 0. The lowest BCUT2D eigenvalue weighted by Crippen LogP contribution is -2.64. The number of hydrogen-bond donors (Lipinski definition) is 6. The Balaban J connectivity index is 2.31. The van der Waals surface area contributed by atoms with E-state index in [2.05, 4.69) is 13.8 Å². The highest BCUT2D eigenvalue weighted by molar-refractivity contribution is 7.47. The predicted octanol–water partition coefficient (Wildman–Crippen LogP) is 12.0. The van der Waals surface area contributed by atoms with Crippen LogP contribution in [0.15, 0.2) is 0 Å². The van der Waals surface area contributed by atoms with Crippen molar-refractivity contribution in [3.8, 4) is 0 Å². The number of carbonyl (C=O) groups is 2. The van der Waals surface area contributed by atoms with Crippen molar-refractivity contribution in [2.45, 2.75) is 307 Å². The number of hydrogen-bond acceptors (Lipinski definition) is 12. The second kappa shape index (κ2) is 42.7. The minimum absolute atomic E-state index is 0.105. The number of phosphoric ester groups is 1. The van der Waals surface area contributed by atoms with Gasteiger partial charge in [-0.1, -0.05) is 239 Å². The van der Waals surface area contributed by atoms with E-state index in [0.29, 0.717) is 12.8 Å². The first-order chi connectivity index (χ1) is 31.9. The van der Waals surface area contributed by atoms with Gasteiger partial charge in [0.25, 0.3) is 0 Å². The lowest BCUT2D eigenvalue weighted by Gasteiger charge is -2.41. The molecule has 0 aliphatic heterocycles. The van der Waals surface area contributed by atoms with Gasteiger partial charge in [0, 0.05) is 12.8 Å². The van der Waals surface area contributed by atoms with E-state index in [-0.39, 0.29) is 12.8 Å². The van der Waals surface area contributed by atoms with Crippen molar-refractivity contribution in [3.63, 3.8) is 0 Å². The summed E-state index contributed by atoms with van der Waals surface area (Å²) in [4.78, 5) is 35.8. The summed E-state index contributed by atoms with van der Waals surface area (Å²) in [6.45, 7) is 3.35. The highest BCUT2D eigenvalue weighted by Gasteiger charge is 2.51. The number of carbonyl (C=O) groups excluding carboxylic acids is 2. The van der Waals surface area contributed by atoms with Crippen LogP contribution in [0.3, 0.4) is 0 Å². The SMILES string of the molecule is CCCCCCCCCCCCCCCCCCCCCCCCCC(=O)OC[C@@H](COP(=O)(O)OC1C(O)C(O)C(O)[C@H](O)C1O)OC(=O)CCCCCCCCCCCCCCCC. The van der Waals surface area contributed by atoms with E-state index in [4.69, 9.17) is 18.5 Å². The minimum atomic E-state index is -5.11. The zero-order chi connectivity index (χ0) is 48.5. The van der Waals surface area contributed by atoms with Crippen molar-refractivity contribution in [3.05, 3.63) is 0 Å². The van der Waals surface area contributed by atoms with Gasteiger partial charge in [0.05, 0.1) is 6.61 Å². The Bertz CT molecular complexity index is 1160. The molecule has 6 unspecified atom stereocenters. The molecule has 0 aromatic heterocycles. The smallest absolute Gasteiger partial charge is 0.462 e. The molecule has 8 atom stereocenters. The lowest BCUT2D eigenvalue weighted by molar-refractivity contribution is -0.220. The average Bonchev–Trinajstić information content (AvgIpc) is 3.30. The van der Waals surface area contributed by atoms with Crippen molar-refractivity contribution in [1.29, 1.82) is 0 Å². The molecule has 66 heavy (non-hydrogen) atoms. The Morgan fingerprint density at radius 3 is 1.00 bits per heavy atom. The molecular formula is C52H101O13P. The maximum atomic E-state index is 12.9. The second-order valence-electron chi connectivity index (χ2n) is 19.5. The van der Waals surface area contributed by atoms with Crippen LogP contribution in [0.2, 0.25) is 0 Å². The van der Waals surface area contributed by atoms with E-state index < -0.39 is 75.7 Å². The Kier molecular flexibility index (Phi) is 40.7. The molecule has 13 nitrogen and oxygen atoms in total. The first-order valence-corrected chi connectivity index (χ1v) is 28.8. The Morgan fingerprint density at radius 1 is 0.409 bits per heavy atom. The third-order valence-electron chi connectivity index (χ3n) is 13.2. The van der Waals surface area contributed by atoms with Crippen LogP contribution in [-0.2, 0) is 32.7 Å². The summed E-state index contributed by atoms with van der Waals surface area (Å²) < 4.78 is 33.7. The quantitative estimate of drug-likeness (QED) is 0.0191. The highest BCUT2D eigenvalue weighted by Crippen LogP contribution is 2.47. The Labute approximate surface area is 401 Å². The van der Waals surface area contributed by atoms with Crippen LogP contribution in [-0.4, -0.2) is 98.3 Å². The summed E-state index contributed by atoms with van der Waals surface area (Å²) in [7, 11) is -5.11. The molecule has 0 aromatic carbocycles. The molecule has 1 aliphatic carbocycles. The van der Waals surface area contributed by atoms with Crippen molar-refractivity contribution < 1.29 is 63.1 Å². The summed E-state index contributed by atoms with van der Waals surface area (Å²) in [6.07, 6.45) is 33.0. The number of aliphatic hydroxyl groups excluding tert-OH is 5. The van der Waals surface area contributed by atoms with Crippen molar-refractivity contribution in [2.24, 2.45) is 0 Å². The molecule has 392 valence electrons. The van der Waals surface area contributed by atoms with E-state index >= 15 is 0 Å². The number of rotatable bonds is 47. The van der Waals surface area contributed by atoms with Crippen LogP contribution in [0.25, 0.3) is 0 Å². The fourth-order valence-corrected chi connectivity index (χ4v) is 9.79. The molecule has 0 saturated heterocycles. The van der Waals surface area contributed by atoms with E-state index in [1.807, 2.05) is 0 Å². The number of phosphoric acid groups is 1. The maximum Gasteiger partial charge on any atom is 0.472 e. The molecule has 0 bridgehead atoms. The van der Waals surface area contributed by atoms with Gasteiger partial charge in [-0.2, -0.15) is 0 Å². The Hall–Kier alpha value is -1.15. The van der Waals surface area contributed by atoms with E-state index in [0.717, 1.165) is 38.5 Å². The zero-order valence-electron chi connectivity index (χ0n) is 42.0. The van der Waals surface area contributed by atoms with Crippen LogP contribution in [0.4, 0.5) is 0 Å². The molecule has 14 heteroatoms. The molecule has 0 heterocycles. The van der Waals surface area contributed by atoms with Crippen LogP contribution in [0.1, 0.15) is 264 Å². The van der Waals surface area contributed by atoms with Crippen molar-refractivity contribution in [2.75, 3.05) is 13.2 Å². The number of esters is 2. The monoisotopic (exact) mass is 965 g/mol. The molecule has 0 amide bonds. The van der Waals surface area contributed by atoms with Gasteiger partial charge in [-0.05, 0) is 12.8 Å². The van der Waals surface area contributed by atoms with Gasteiger partial charge in [0.15, 0.2) is 6.10 Å². The third-order valence-corrected chi connectivity index (χ3v) is 14.2. The van der Waals surface area contributed by atoms with Gasteiger partial charge in [-0.25, -0.2) is 4.57 Å². The van der Waals surface area contributed by atoms with E-state index in [9.17, 15) is 44.6 Å². The normalized spacial score (nSPS) is 21.2. The van der Waals surface area contributed by atoms with Gasteiger partial charge < -0.3 is 39.9 Å². The van der Waals surface area contributed by atoms with Gasteiger partial charge >= 0.3 is 19.8 Å². The lowest BCUT2D eigenvalue weighted by atomic mass is 9.85. The number of unbranched alkanes of at least 4 members (excludes halogenated alkanes) is 35. The minimum Gasteiger partial charge on any atom is -0.462 e. The number of aliphatic hydroxyl groups is 5. The van der Waals surface area contributed by atoms with Crippen LogP contribution < -0.4 is 0 Å². The molecular weight excluding hydrogens is 864 g/mol. The summed E-state index contributed by atoms with van der Waals surface area (Å²) in [5.74, 6) is -1.08. The second-order valence-corrected chi connectivity index (χ2v) is 20.9. The first kappa shape index (κ1) is 62.9. The number of ether oxygens (including phenoxy) is 2. The maximum absolute atomic E-state index is 12.9. The van der Waals surface area contributed by atoms with Crippen LogP contribution in [0.5, 0.6) is 0 Å². The highest BCUT2D eigenvalue weighted by atomic mass is 31.2. The third kappa shape index (κ3) is 34.2. The van der Waals surface area contributed by atoms with Crippen molar-refractivity contribution >= 4 is 19.8 Å². The van der Waals surface area contributed by atoms with Gasteiger partial charge in [0.1, 0.15) is 43.2 Å². The van der Waals surface area contributed by atoms with E-state index in [1.165, 1.54) is 186 Å². The Morgan fingerprint density at radius 2 is 0.682 bits per heavy atom. The van der Waals surface area contributed by atoms with Crippen LogP contribution >= 0.6 is 7.82 Å². The van der Waals surface area contributed by atoms with E-state index in [1.54, 1.807) is 0 Å². The summed E-state index contributed by atoms with van der Waals surface area (Å²) in [5, 5.41) is 50.3. The van der Waals surface area contributed by atoms with Crippen LogP contribution in [0, 0.1) is 0 Å². The summed E-state index contributed by atoms with van der Waals surface area (Å²) in [6, 6.07) is 0. The molecule has 0 spiro atoms. The van der Waals surface area contributed by atoms with Gasteiger partial charge in [-0.15, -0.1) is 0 Å². The fraction of sp³-hybridized carbons (Fsp3) is 0.962. The molecule has 1 saturated carbocycles. The van der Waals surface area contributed by atoms with Gasteiger partial charge in [0.2, 0.25) is 0 Å². The first-order valence-electron chi connectivity index (χ1n) is 27.3. The fourth-order valence-electron chi connectivity index (χ4n) is 8.82. The standard InChI is InChI=1S/C52H101O13P/c1-3-5-7-9-11-13-15-17-19-20-21-22-23-24-25-26-27-29-30-32-34-36-38-40-45(53)62-42-44(43-63-66(60,61)65-52-50(58)48(56)47(55)49(57)51(52)59)64-46(54)41-39-37-35-33-31-28-18-16-14-12-10-8-6-4-2/h44,47-52,55-59H,3-43H2,1-2H3,(H,60,61)/t44-,47?,48-,49?,50?,51?,52?/m0/s1. The molecule has 0 aromatic rings. The average molecular weight is 965 g/mol. The largest absolute Gasteiger partial charge is 0.472 e. The van der Waals surface area contributed by atoms with Gasteiger partial charge in [-0.3, -0.25) is 18.6 Å². The topological polar surface area (TPSA) is 210 Å². The molecule has 1 aliphatic rings. The summed E-state index contributed by atoms with van der Waals surface area (Å²) in [5.41, 5.74) is 0. The molecule has 6 N–H and O–H groups in total. The molecule has 0 radical (unpaired) electrons. The van der Waals surface area contributed by atoms with Crippen molar-refractivity contribution in [1.82, 2.24) is 0 Å². The molecule has 1 fully saturated rings. The predicted molar refractivity (Wildman–Crippen MR) is 263 cm³/mol. The molecule has 1 rings (SSSR count). The zero-order valence-corrected chi connectivity index (χ0v) is 42.9.